The molecule has 100 valence electrons. The molecule has 4 nitrogen and oxygen atoms in total. The molecule has 0 radical (unpaired) electrons. The number of hydrogen-bond donors (Lipinski definition) is 2. The first-order chi connectivity index (χ1) is 9.79. The number of pyridine rings is 1. The molecule has 0 atom stereocenters. The quantitative estimate of drug-likeness (QED) is 0.836. The number of hydrogen-bond acceptors (Lipinski definition) is 3. The Hall–Kier alpha value is -2.64. The number of aliphatic hydroxyl groups excluding tert-OH is 1. The van der Waals surface area contributed by atoms with Crippen LogP contribution in [0, 0.1) is 11.8 Å². The SMILES string of the molecule is O=C(Nc1cccc(C#CCCO)c1)c1cccnc1. The van der Waals surface area contributed by atoms with Crippen LogP contribution in [0.2, 0.25) is 0 Å². The molecular weight excluding hydrogens is 252 g/mol. The number of anilines is 1. The lowest BCUT2D eigenvalue weighted by atomic mass is 10.2. The van der Waals surface area contributed by atoms with Crippen LogP contribution in [-0.4, -0.2) is 22.6 Å². The van der Waals surface area contributed by atoms with E-state index in [0.29, 0.717) is 17.7 Å². The van der Waals surface area contributed by atoms with Gasteiger partial charge in [0.25, 0.3) is 5.91 Å². The monoisotopic (exact) mass is 266 g/mol. The third-order valence-corrected chi connectivity index (χ3v) is 2.51. The lowest BCUT2D eigenvalue weighted by molar-refractivity contribution is 0.102. The van der Waals surface area contributed by atoms with Crippen molar-refractivity contribution in [1.29, 1.82) is 0 Å². The van der Waals surface area contributed by atoms with E-state index in [-0.39, 0.29) is 12.5 Å². The lowest BCUT2D eigenvalue weighted by Gasteiger charge is -2.05. The summed E-state index contributed by atoms with van der Waals surface area (Å²) in [6.45, 7) is 0.0461. The van der Waals surface area contributed by atoms with Gasteiger partial charge in [-0.15, -0.1) is 0 Å². The van der Waals surface area contributed by atoms with E-state index in [1.54, 1.807) is 30.5 Å². The van der Waals surface area contributed by atoms with Crippen molar-refractivity contribution in [3.63, 3.8) is 0 Å². The maximum atomic E-state index is 12.0. The van der Waals surface area contributed by atoms with E-state index in [0.717, 1.165) is 5.56 Å². The minimum atomic E-state index is -0.210. The van der Waals surface area contributed by atoms with Gasteiger partial charge in [-0.1, -0.05) is 17.9 Å². The van der Waals surface area contributed by atoms with Crippen LogP contribution < -0.4 is 5.32 Å². The molecule has 0 fully saturated rings. The van der Waals surface area contributed by atoms with Crippen molar-refractivity contribution in [2.75, 3.05) is 11.9 Å². The number of aromatic nitrogens is 1. The van der Waals surface area contributed by atoms with E-state index in [9.17, 15) is 4.79 Å². The number of nitrogens with zero attached hydrogens (tertiary/aromatic N) is 1. The average Bonchev–Trinajstić information content (AvgIpc) is 2.49. The van der Waals surface area contributed by atoms with Crippen LogP contribution in [0.3, 0.4) is 0 Å². The number of nitrogens with one attached hydrogen (secondary N) is 1. The van der Waals surface area contributed by atoms with E-state index >= 15 is 0 Å². The van der Waals surface area contributed by atoms with E-state index in [1.165, 1.54) is 6.20 Å². The molecule has 2 rings (SSSR count). The standard InChI is InChI=1S/C16H14N2O2/c19-10-2-1-5-13-6-3-8-15(11-13)18-16(20)14-7-4-9-17-12-14/h3-4,6-9,11-12,19H,2,10H2,(H,18,20). The number of carbonyl (C=O) groups excluding carboxylic acids is 1. The van der Waals surface area contributed by atoms with Gasteiger partial charge in [0.15, 0.2) is 0 Å². The summed E-state index contributed by atoms with van der Waals surface area (Å²) in [5, 5.41) is 11.5. The van der Waals surface area contributed by atoms with Crippen LogP contribution in [0.1, 0.15) is 22.3 Å². The molecule has 0 aliphatic rings. The smallest absolute Gasteiger partial charge is 0.257 e. The van der Waals surface area contributed by atoms with Crippen LogP contribution >= 0.6 is 0 Å². The highest BCUT2D eigenvalue weighted by Gasteiger charge is 2.05. The van der Waals surface area contributed by atoms with Crippen molar-refractivity contribution in [3.8, 4) is 11.8 Å². The molecule has 2 N–H and O–H groups in total. The van der Waals surface area contributed by atoms with Gasteiger partial charge in [-0.2, -0.15) is 0 Å². The fourth-order valence-corrected chi connectivity index (χ4v) is 1.60. The summed E-state index contributed by atoms with van der Waals surface area (Å²) in [4.78, 5) is 15.9. The van der Waals surface area contributed by atoms with Gasteiger partial charge in [0.05, 0.1) is 12.2 Å². The van der Waals surface area contributed by atoms with Crippen molar-refractivity contribution in [3.05, 3.63) is 59.9 Å². The van der Waals surface area contributed by atoms with Crippen molar-refractivity contribution >= 4 is 11.6 Å². The molecular formula is C16H14N2O2. The number of benzene rings is 1. The number of rotatable bonds is 3. The molecule has 0 aliphatic heterocycles. The highest BCUT2D eigenvalue weighted by Crippen LogP contribution is 2.11. The van der Waals surface area contributed by atoms with E-state index in [1.807, 2.05) is 12.1 Å². The fourth-order valence-electron chi connectivity index (χ4n) is 1.60. The molecule has 1 amide bonds. The zero-order chi connectivity index (χ0) is 14.2. The Bertz CT molecular complexity index is 642. The van der Waals surface area contributed by atoms with Gasteiger partial charge in [-0.25, -0.2) is 0 Å². The van der Waals surface area contributed by atoms with E-state index in [4.69, 9.17) is 5.11 Å². The Morgan fingerprint density at radius 3 is 2.95 bits per heavy atom. The Morgan fingerprint density at radius 2 is 2.20 bits per heavy atom. The van der Waals surface area contributed by atoms with Crippen LogP contribution in [0.15, 0.2) is 48.8 Å². The molecule has 0 spiro atoms. The van der Waals surface area contributed by atoms with Gasteiger partial charge in [0.1, 0.15) is 0 Å². The predicted molar refractivity (Wildman–Crippen MR) is 77.2 cm³/mol. The second kappa shape index (κ2) is 7.07. The first-order valence-corrected chi connectivity index (χ1v) is 6.21. The van der Waals surface area contributed by atoms with Gasteiger partial charge in [0.2, 0.25) is 0 Å². The topological polar surface area (TPSA) is 62.2 Å². The van der Waals surface area contributed by atoms with Crippen LogP contribution in [-0.2, 0) is 0 Å². The van der Waals surface area contributed by atoms with Crippen LogP contribution in [0.5, 0.6) is 0 Å². The maximum Gasteiger partial charge on any atom is 0.257 e. The number of carbonyl (C=O) groups is 1. The van der Waals surface area contributed by atoms with Crippen molar-refractivity contribution in [1.82, 2.24) is 4.98 Å². The summed E-state index contributed by atoms with van der Waals surface area (Å²) in [7, 11) is 0. The number of aliphatic hydroxyl groups is 1. The minimum absolute atomic E-state index is 0.0461. The molecule has 1 heterocycles. The highest BCUT2D eigenvalue weighted by atomic mass is 16.2. The number of amides is 1. The maximum absolute atomic E-state index is 12.0. The molecule has 20 heavy (non-hydrogen) atoms. The molecule has 0 saturated heterocycles. The summed E-state index contributed by atoms with van der Waals surface area (Å²) in [6, 6.07) is 10.7. The van der Waals surface area contributed by atoms with Gasteiger partial charge < -0.3 is 10.4 Å². The third-order valence-electron chi connectivity index (χ3n) is 2.51. The average molecular weight is 266 g/mol. The van der Waals surface area contributed by atoms with Crippen LogP contribution in [0.4, 0.5) is 5.69 Å². The third kappa shape index (κ3) is 3.94. The molecule has 4 heteroatoms. The first-order valence-electron chi connectivity index (χ1n) is 6.21. The normalized spacial score (nSPS) is 9.45. The summed E-state index contributed by atoms with van der Waals surface area (Å²) in [5.41, 5.74) is 1.97. The zero-order valence-electron chi connectivity index (χ0n) is 10.8. The van der Waals surface area contributed by atoms with Crippen molar-refractivity contribution in [2.45, 2.75) is 6.42 Å². The van der Waals surface area contributed by atoms with Crippen LogP contribution in [0.25, 0.3) is 0 Å². The second-order valence-electron chi connectivity index (χ2n) is 4.05. The highest BCUT2D eigenvalue weighted by molar-refractivity contribution is 6.04. The van der Waals surface area contributed by atoms with Gasteiger partial charge in [-0.05, 0) is 30.3 Å². The van der Waals surface area contributed by atoms with Gasteiger partial charge in [0, 0.05) is 30.1 Å². The minimum Gasteiger partial charge on any atom is -0.395 e. The summed E-state index contributed by atoms with van der Waals surface area (Å²) in [6.07, 6.45) is 3.57. The lowest BCUT2D eigenvalue weighted by Crippen LogP contribution is -2.11. The molecule has 1 aromatic heterocycles. The Kier molecular flexibility index (Phi) is 4.87. The molecule has 0 saturated carbocycles. The van der Waals surface area contributed by atoms with Crippen molar-refractivity contribution < 1.29 is 9.90 Å². The van der Waals surface area contributed by atoms with Gasteiger partial charge in [-0.3, -0.25) is 9.78 Å². The molecule has 0 unspecified atom stereocenters. The fraction of sp³-hybridized carbons (Fsp3) is 0.125. The molecule has 2 aromatic rings. The first kappa shape index (κ1) is 13.8. The Morgan fingerprint density at radius 1 is 1.30 bits per heavy atom. The molecule has 1 aromatic carbocycles. The van der Waals surface area contributed by atoms with Crippen molar-refractivity contribution in [2.24, 2.45) is 0 Å². The Balaban J connectivity index is 2.09. The molecule has 0 aliphatic carbocycles. The Labute approximate surface area is 117 Å². The predicted octanol–water partition coefficient (Wildman–Crippen LogP) is 2.07. The summed E-state index contributed by atoms with van der Waals surface area (Å²) in [5.74, 6) is 5.56. The van der Waals surface area contributed by atoms with E-state index in [2.05, 4.69) is 22.1 Å². The zero-order valence-corrected chi connectivity index (χ0v) is 10.8. The largest absolute Gasteiger partial charge is 0.395 e. The van der Waals surface area contributed by atoms with E-state index < -0.39 is 0 Å². The summed E-state index contributed by atoms with van der Waals surface area (Å²) >= 11 is 0. The summed E-state index contributed by atoms with van der Waals surface area (Å²) < 4.78 is 0. The van der Waals surface area contributed by atoms with Gasteiger partial charge >= 0.3 is 0 Å². The second-order valence-corrected chi connectivity index (χ2v) is 4.05. The molecule has 0 bridgehead atoms.